The third-order valence-corrected chi connectivity index (χ3v) is 13.8. The van der Waals surface area contributed by atoms with Crippen LogP contribution in [0.25, 0.3) is 65.4 Å². The van der Waals surface area contributed by atoms with Crippen LogP contribution in [0, 0.1) is 0 Å². The van der Waals surface area contributed by atoms with Crippen LogP contribution < -0.4 is 9.80 Å². The molecule has 0 atom stereocenters. The third-order valence-electron chi connectivity index (χ3n) is 13.8. The summed E-state index contributed by atoms with van der Waals surface area (Å²) in [7, 11) is 0. The molecule has 9 aromatic carbocycles. The third kappa shape index (κ3) is 7.16. The molecule has 0 N–H and O–H groups in total. The van der Waals surface area contributed by atoms with E-state index in [9.17, 15) is 0 Å². The Morgan fingerprint density at radius 2 is 0.667 bits per heavy atom. The molecule has 0 saturated heterocycles. The average Bonchev–Trinajstić information content (AvgIpc) is 3.89. The lowest BCUT2D eigenvalue weighted by atomic mass is 9.99. The highest BCUT2D eigenvalue weighted by atomic mass is 16.3. The molecule has 4 nitrogen and oxygen atoms in total. The largest absolute Gasteiger partial charge is 0.456 e. The molecule has 11 rings (SSSR count). The van der Waals surface area contributed by atoms with Gasteiger partial charge in [-0.1, -0.05) is 116 Å². The Morgan fingerprint density at radius 3 is 1.14 bits per heavy atom. The first-order valence-electron chi connectivity index (χ1n) is 23.7. The molecular formula is C62H56N2O2. The van der Waals surface area contributed by atoms with Crippen LogP contribution in [-0.2, 0) is 0 Å². The quantitative estimate of drug-likeness (QED) is 0.137. The van der Waals surface area contributed by atoms with Gasteiger partial charge in [-0.3, -0.25) is 0 Å². The fourth-order valence-corrected chi connectivity index (χ4v) is 9.84. The Morgan fingerprint density at radius 1 is 0.288 bits per heavy atom. The van der Waals surface area contributed by atoms with Gasteiger partial charge < -0.3 is 18.6 Å². The van der Waals surface area contributed by atoms with Crippen LogP contribution in [-0.4, -0.2) is 0 Å². The van der Waals surface area contributed by atoms with Gasteiger partial charge in [-0.25, -0.2) is 0 Å². The van der Waals surface area contributed by atoms with Gasteiger partial charge in [-0.05, 0) is 171 Å². The van der Waals surface area contributed by atoms with Gasteiger partial charge in [0.15, 0.2) is 0 Å². The smallest absolute Gasteiger partial charge is 0.143 e. The summed E-state index contributed by atoms with van der Waals surface area (Å²) in [6.45, 7) is 17.9. The number of furan rings is 2. The van der Waals surface area contributed by atoms with Crippen LogP contribution in [0.4, 0.5) is 34.1 Å². The van der Waals surface area contributed by atoms with Crippen LogP contribution >= 0.6 is 0 Å². The minimum Gasteiger partial charge on any atom is -0.456 e. The zero-order valence-corrected chi connectivity index (χ0v) is 39.2. The number of rotatable bonds is 10. The highest BCUT2D eigenvalue weighted by Gasteiger charge is 2.21. The molecule has 0 aliphatic rings. The molecule has 11 aromatic rings. The summed E-state index contributed by atoms with van der Waals surface area (Å²) in [6, 6.07) is 62.6. The number of hydrogen-bond acceptors (Lipinski definition) is 4. The Labute approximate surface area is 387 Å². The zero-order chi connectivity index (χ0) is 45.4. The second-order valence-corrected chi connectivity index (χ2v) is 19.4. The summed E-state index contributed by atoms with van der Waals surface area (Å²) >= 11 is 0. The molecular weight excluding hydrogens is 805 g/mol. The van der Waals surface area contributed by atoms with Gasteiger partial charge in [0, 0.05) is 61.1 Å². The molecule has 0 aliphatic carbocycles. The lowest BCUT2D eigenvalue weighted by Crippen LogP contribution is -2.10. The monoisotopic (exact) mass is 860 g/mol. The van der Waals surface area contributed by atoms with E-state index in [0.29, 0.717) is 23.7 Å². The normalized spacial score (nSPS) is 12.2. The maximum Gasteiger partial charge on any atom is 0.143 e. The van der Waals surface area contributed by atoms with E-state index in [2.05, 4.69) is 235 Å². The van der Waals surface area contributed by atoms with Gasteiger partial charge in [0.25, 0.3) is 0 Å². The van der Waals surface area contributed by atoms with Gasteiger partial charge in [0.1, 0.15) is 22.3 Å². The fourth-order valence-electron chi connectivity index (χ4n) is 9.84. The molecule has 66 heavy (non-hydrogen) atoms. The SMILES string of the molecule is CC(C)c1ccc(N(c2ccc(C(C)C)cc2)c2ccc3cc4c(cc3c2)oc2ccc3oc5c6ccc(N(c7ccc(C(C)C)cc7)c7ccc(C(C)C)cc7)cc6ccc5c3c24)cc1. The van der Waals surface area contributed by atoms with E-state index in [1.165, 1.54) is 22.3 Å². The van der Waals surface area contributed by atoms with Crippen molar-refractivity contribution in [2.24, 2.45) is 0 Å². The van der Waals surface area contributed by atoms with Crippen molar-refractivity contribution in [3.8, 4) is 0 Å². The van der Waals surface area contributed by atoms with Gasteiger partial charge in [0.05, 0.1) is 0 Å². The molecule has 0 unspecified atom stereocenters. The van der Waals surface area contributed by atoms with Crippen LogP contribution in [0.1, 0.15) is 101 Å². The summed E-state index contributed by atoms with van der Waals surface area (Å²) in [5.41, 5.74) is 15.5. The summed E-state index contributed by atoms with van der Waals surface area (Å²) < 4.78 is 13.5. The molecule has 2 aromatic heterocycles. The second-order valence-electron chi connectivity index (χ2n) is 19.4. The Balaban J connectivity index is 1.01. The molecule has 2 heterocycles. The maximum atomic E-state index is 6.83. The molecule has 0 aliphatic heterocycles. The van der Waals surface area contributed by atoms with E-state index in [4.69, 9.17) is 8.83 Å². The van der Waals surface area contributed by atoms with Gasteiger partial charge >= 0.3 is 0 Å². The van der Waals surface area contributed by atoms with Crippen molar-refractivity contribution in [2.45, 2.75) is 79.1 Å². The highest BCUT2D eigenvalue weighted by molar-refractivity contribution is 6.29. The van der Waals surface area contributed by atoms with E-state index in [-0.39, 0.29) is 0 Å². The topological polar surface area (TPSA) is 32.8 Å². The zero-order valence-electron chi connectivity index (χ0n) is 39.2. The summed E-state index contributed by atoms with van der Waals surface area (Å²) in [4.78, 5) is 4.72. The first kappa shape index (κ1) is 41.4. The van der Waals surface area contributed by atoms with Crippen LogP contribution in [0.5, 0.6) is 0 Å². The number of hydrogen-bond donors (Lipinski definition) is 0. The van der Waals surface area contributed by atoms with Crippen LogP contribution in [0.3, 0.4) is 0 Å². The number of anilines is 6. The summed E-state index contributed by atoms with van der Waals surface area (Å²) in [5, 5.41) is 8.82. The minimum atomic E-state index is 0.465. The number of fused-ring (bicyclic) bond motifs is 10. The first-order valence-corrected chi connectivity index (χ1v) is 23.7. The van der Waals surface area contributed by atoms with Crippen molar-refractivity contribution >= 4 is 99.5 Å². The summed E-state index contributed by atoms with van der Waals surface area (Å²) in [6.07, 6.45) is 0. The van der Waals surface area contributed by atoms with E-state index in [0.717, 1.165) is 99.5 Å². The molecule has 0 spiro atoms. The molecule has 4 heteroatoms. The van der Waals surface area contributed by atoms with Crippen LogP contribution in [0.15, 0.2) is 179 Å². The van der Waals surface area contributed by atoms with E-state index in [1.807, 2.05) is 0 Å². The Hall–Kier alpha value is -7.30. The molecule has 0 fully saturated rings. The molecule has 0 bridgehead atoms. The molecule has 0 amide bonds. The maximum absolute atomic E-state index is 6.83. The number of nitrogens with zero attached hydrogens (tertiary/aromatic N) is 2. The predicted octanol–water partition coefficient (Wildman–Crippen LogP) is 19.2. The first-order chi connectivity index (χ1) is 32.0. The fraction of sp³-hybridized carbons (Fsp3) is 0.194. The van der Waals surface area contributed by atoms with Crippen molar-refractivity contribution in [2.75, 3.05) is 9.80 Å². The van der Waals surface area contributed by atoms with Crippen molar-refractivity contribution < 1.29 is 8.83 Å². The van der Waals surface area contributed by atoms with E-state index in [1.54, 1.807) is 0 Å². The van der Waals surface area contributed by atoms with Crippen molar-refractivity contribution in [3.63, 3.8) is 0 Å². The Bertz CT molecular complexity index is 3350. The predicted molar refractivity (Wildman–Crippen MR) is 282 cm³/mol. The second kappa shape index (κ2) is 16.3. The average molecular weight is 861 g/mol. The van der Waals surface area contributed by atoms with Gasteiger partial charge in [-0.2, -0.15) is 0 Å². The summed E-state index contributed by atoms with van der Waals surface area (Å²) in [5.74, 6) is 1.86. The van der Waals surface area contributed by atoms with Crippen molar-refractivity contribution in [1.82, 2.24) is 0 Å². The van der Waals surface area contributed by atoms with Crippen molar-refractivity contribution in [1.29, 1.82) is 0 Å². The lowest BCUT2D eigenvalue weighted by molar-refractivity contribution is 0.665. The van der Waals surface area contributed by atoms with Gasteiger partial charge in [-0.15, -0.1) is 0 Å². The van der Waals surface area contributed by atoms with E-state index < -0.39 is 0 Å². The van der Waals surface area contributed by atoms with Gasteiger partial charge in [0.2, 0.25) is 0 Å². The lowest BCUT2D eigenvalue weighted by Gasteiger charge is -2.26. The molecule has 0 saturated carbocycles. The standard InChI is InChI=1S/C62H56N2O2/c1-37(2)41-9-19-48(20-10-41)63(49-21-11-42(12-22-49)38(3)4)52-27-17-45-35-56-59(36-47(45)34-52)65-57-31-32-58-60(61(56)57)55-29-18-46-33-53(28-30-54(46)62(55)66-58)64(50-23-13-43(14-24-50)39(5)6)51-25-15-44(16-26-51)40(7)8/h9-40H,1-8H3. The molecule has 326 valence electrons. The van der Waals surface area contributed by atoms with Crippen molar-refractivity contribution in [3.05, 3.63) is 192 Å². The Kier molecular flexibility index (Phi) is 10.2. The molecule has 0 radical (unpaired) electrons. The number of benzene rings is 9. The van der Waals surface area contributed by atoms with E-state index >= 15 is 0 Å². The highest BCUT2D eigenvalue weighted by Crippen LogP contribution is 2.45. The van der Waals surface area contributed by atoms with Crippen LogP contribution in [0.2, 0.25) is 0 Å². The minimum absolute atomic E-state index is 0.465.